The molecule has 1 N–H and O–H groups in total. The zero-order valence-corrected chi connectivity index (χ0v) is 26.2. The predicted octanol–water partition coefficient (Wildman–Crippen LogP) is 6.53. The highest BCUT2D eigenvalue weighted by molar-refractivity contribution is 7.92. The highest BCUT2D eigenvalue weighted by Gasteiger charge is 2.34. The molecule has 0 fully saturated rings. The van der Waals surface area contributed by atoms with E-state index < -0.39 is 28.5 Å². The van der Waals surface area contributed by atoms with E-state index >= 15 is 0 Å². The number of rotatable bonds is 13. The van der Waals surface area contributed by atoms with Crippen LogP contribution in [0.4, 0.5) is 5.69 Å². The van der Waals surface area contributed by atoms with E-state index in [1.165, 1.54) is 17.0 Å². The summed E-state index contributed by atoms with van der Waals surface area (Å²) >= 11 is 12.4. The minimum atomic E-state index is -4.13. The third-order valence-electron chi connectivity index (χ3n) is 6.78. The van der Waals surface area contributed by atoms with Crippen molar-refractivity contribution in [2.45, 2.75) is 64.4 Å². The molecule has 2 amide bonds. The minimum absolute atomic E-state index is 0.0432. The third-order valence-corrected chi connectivity index (χ3v) is 9.30. The van der Waals surface area contributed by atoms with Crippen LogP contribution in [0.3, 0.4) is 0 Å². The van der Waals surface area contributed by atoms with Gasteiger partial charge in [0.15, 0.2) is 0 Å². The summed E-state index contributed by atoms with van der Waals surface area (Å²) in [6, 6.07) is 17.6. The maximum absolute atomic E-state index is 14.2. The van der Waals surface area contributed by atoms with Crippen LogP contribution in [0.25, 0.3) is 0 Å². The van der Waals surface area contributed by atoms with Gasteiger partial charge in [0, 0.05) is 13.1 Å². The van der Waals surface area contributed by atoms with Crippen molar-refractivity contribution in [3.63, 3.8) is 0 Å². The molecule has 1 atom stereocenters. The van der Waals surface area contributed by atoms with Gasteiger partial charge in [-0.25, -0.2) is 8.42 Å². The van der Waals surface area contributed by atoms with E-state index in [2.05, 4.69) is 5.32 Å². The van der Waals surface area contributed by atoms with Gasteiger partial charge in [-0.05, 0) is 68.1 Å². The van der Waals surface area contributed by atoms with Crippen molar-refractivity contribution >= 4 is 50.7 Å². The van der Waals surface area contributed by atoms with Gasteiger partial charge in [0.25, 0.3) is 10.0 Å². The molecular weight excluding hydrogens is 581 g/mol. The standard InChI is InChI=1S/C31H37Cl2N3O4S/c1-5-7-17-34-31(38)28(6-2)35(20-24-14-15-26(32)27(33)19-24)30(37)21-36(29-16-13-22(3)18-23(29)4)41(39,40)25-11-9-8-10-12-25/h8-16,18-19,28H,5-7,17,20-21H2,1-4H3,(H,34,38)/t28-/m0/s1. The van der Waals surface area contributed by atoms with Crippen molar-refractivity contribution in [2.24, 2.45) is 0 Å². The van der Waals surface area contributed by atoms with E-state index in [-0.39, 0.29) is 17.3 Å². The van der Waals surface area contributed by atoms with Gasteiger partial charge < -0.3 is 10.2 Å². The quantitative estimate of drug-likeness (QED) is 0.221. The van der Waals surface area contributed by atoms with Crippen LogP contribution in [-0.4, -0.2) is 44.3 Å². The first-order chi connectivity index (χ1) is 19.5. The first-order valence-electron chi connectivity index (χ1n) is 13.7. The van der Waals surface area contributed by atoms with Crippen LogP contribution in [0.1, 0.15) is 49.8 Å². The Morgan fingerprint density at radius 1 is 0.927 bits per heavy atom. The van der Waals surface area contributed by atoms with Crippen LogP contribution in [0.2, 0.25) is 10.0 Å². The maximum Gasteiger partial charge on any atom is 0.264 e. The first-order valence-corrected chi connectivity index (χ1v) is 15.8. The molecule has 7 nitrogen and oxygen atoms in total. The fraction of sp³-hybridized carbons (Fsp3) is 0.355. The molecular formula is C31H37Cl2N3O4S. The summed E-state index contributed by atoms with van der Waals surface area (Å²) in [7, 11) is -4.13. The number of nitrogens with zero attached hydrogens (tertiary/aromatic N) is 2. The molecule has 0 bridgehead atoms. The van der Waals surface area contributed by atoms with Crippen LogP contribution in [0, 0.1) is 13.8 Å². The fourth-order valence-corrected chi connectivity index (χ4v) is 6.40. The molecule has 0 radical (unpaired) electrons. The molecule has 3 rings (SSSR count). The van der Waals surface area contributed by atoms with Crippen LogP contribution >= 0.6 is 23.2 Å². The number of carbonyl (C=O) groups excluding carboxylic acids is 2. The molecule has 10 heteroatoms. The monoisotopic (exact) mass is 617 g/mol. The normalized spacial score (nSPS) is 12.0. The van der Waals surface area contributed by atoms with Gasteiger partial charge in [0.05, 0.1) is 20.6 Å². The van der Waals surface area contributed by atoms with Crippen molar-refractivity contribution in [1.29, 1.82) is 0 Å². The Kier molecular flexibility index (Phi) is 11.6. The second-order valence-corrected chi connectivity index (χ2v) is 12.6. The van der Waals surface area contributed by atoms with Gasteiger partial charge >= 0.3 is 0 Å². The number of carbonyl (C=O) groups is 2. The first kappa shape index (κ1) is 32.4. The number of halogens is 2. The number of aryl methyl sites for hydroxylation is 2. The zero-order valence-electron chi connectivity index (χ0n) is 23.9. The highest BCUT2D eigenvalue weighted by atomic mass is 35.5. The lowest BCUT2D eigenvalue weighted by atomic mass is 10.1. The molecule has 0 aliphatic carbocycles. The van der Waals surface area contributed by atoms with Crippen molar-refractivity contribution in [3.8, 4) is 0 Å². The van der Waals surface area contributed by atoms with E-state index in [1.54, 1.807) is 42.5 Å². The smallest absolute Gasteiger partial charge is 0.264 e. The second kappa shape index (κ2) is 14.7. The van der Waals surface area contributed by atoms with Gasteiger partial charge in [-0.15, -0.1) is 0 Å². The van der Waals surface area contributed by atoms with E-state index in [9.17, 15) is 18.0 Å². The Labute approximate surface area is 253 Å². The average molecular weight is 619 g/mol. The second-order valence-electron chi connectivity index (χ2n) is 9.95. The van der Waals surface area contributed by atoms with Crippen molar-refractivity contribution in [3.05, 3.63) is 93.5 Å². The van der Waals surface area contributed by atoms with Crippen molar-refractivity contribution < 1.29 is 18.0 Å². The van der Waals surface area contributed by atoms with E-state index in [0.717, 1.165) is 22.7 Å². The summed E-state index contributed by atoms with van der Waals surface area (Å²) in [5, 5.41) is 3.61. The van der Waals surface area contributed by atoms with Crippen molar-refractivity contribution in [1.82, 2.24) is 10.2 Å². The molecule has 220 valence electrons. The number of hydrogen-bond acceptors (Lipinski definition) is 4. The summed E-state index contributed by atoms with van der Waals surface area (Å²) in [5.41, 5.74) is 2.72. The van der Waals surface area contributed by atoms with Crippen LogP contribution in [-0.2, 0) is 26.2 Å². The average Bonchev–Trinajstić information content (AvgIpc) is 2.94. The topological polar surface area (TPSA) is 86.8 Å². The van der Waals surface area contributed by atoms with Gasteiger partial charge in [0.2, 0.25) is 11.8 Å². The third kappa shape index (κ3) is 8.24. The molecule has 0 unspecified atom stereocenters. The molecule has 3 aromatic carbocycles. The number of hydrogen-bond donors (Lipinski definition) is 1. The highest BCUT2D eigenvalue weighted by Crippen LogP contribution is 2.29. The lowest BCUT2D eigenvalue weighted by Gasteiger charge is -2.33. The fourth-order valence-electron chi connectivity index (χ4n) is 4.58. The Morgan fingerprint density at radius 2 is 1.63 bits per heavy atom. The van der Waals surface area contributed by atoms with E-state index in [1.807, 2.05) is 39.8 Å². The van der Waals surface area contributed by atoms with Gasteiger partial charge in [-0.3, -0.25) is 13.9 Å². The summed E-state index contributed by atoms with van der Waals surface area (Å²) in [6.07, 6.45) is 2.05. The largest absolute Gasteiger partial charge is 0.354 e. The zero-order chi connectivity index (χ0) is 30.2. The number of anilines is 1. The molecule has 3 aromatic rings. The lowest BCUT2D eigenvalue weighted by molar-refractivity contribution is -0.140. The van der Waals surface area contributed by atoms with Crippen LogP contribution in [0.15, 0.2) is 71.6 Å². The Balaban J connectivity index is 2.07. The molecule has 0 aliphatic rings. The number of amides is 2. The van der Waals surface area contributed by atoms with E-state index in [4.69, 9.17) is 23.2 Å². The van der Waals surface area contributed by atoms with Crippen molar-refractivity contribution in [2.75, 3.05) is 17.4 Å². The molecule has 41 heavy (non-hydrogen) atoms. The number of nitrogens with one attached hydrogen (secondary N) is 1. The Hall–Kier alpha value is -3.07. The minimum Gasteiger partial charge on any atom is -0.354 e. The molecule has 0 aromatic heterocycles. The number of benzene rings is 3. The summed E-state index contributed by atoms with van der Waals surface area (Å²) in [4.78, 5) is 28.9. The van der Waals surface area contributed by atoms with Gasteiger partial charge in [-0.1, -0.05) is 85.4 Å². The van der Waals surface area contributed by atoms with Crippen LogP contribution in [0.5, 0.6) is 0 Å². The Bertz CT molecular complexity index is 1470. The molecule has 0 spiro atoms. The SMILES string of the molecule is CCCCNC(=O)[C@H](CC)N(Cc1ccc(Cl)c(Cl)c1)C(=O)CN(c1ccc(C)cc1C)S(=O)(=O)c1ccccc1. The number of unbranched alkanes of at least 4 members (excludes halogenated alkanes) is 1. The van der Waals surface area contributed by atoms with E-state index in [0.29, 0.717) is 39.8 Å². The molecule has 0 aliphatic heterocycles. The summed E-state index contributed by atoms with van der Waals surface area (Å²) in [5.74, 6) is -0.814. The number of sulfonamides is 1. The summed E-state index contributed by atoms with van der Waals surface area (Å²) < 4.78 is 29.0. The predicted molar refractivity (Wildman–Crippen MR) is 166 cm³/mol. The molecule has 0 saturated heterocycles. The molecule has 0 saturated carbocycles. The Morgan fingerprint density at radius 3 is 2.24 bits per heavy atom. The summed E-state index contributed by atoms with van der Waals surface area (Å²) in [6.45, 7) is 7.60. The lowest BCUT2D eigenvalue weighted by Crippen LogP contribution is -2.52. The van der Waals surface area contributed by atoms with Gasteiger partial charge in [-0.2, -0.15) is 0 Å². The molecule has 0 heterocycles. The van der Waals surface area contributed by atoms with Gasteiger partial charge in [0.1, 0.15) is 12.6 Å². The van der Waals surface area contributed by atoms with Crippen LogP contribution < -0.4 is 9.62 Å². The maximum atomic E-state index is 14.2.